The lowest BCUT2D eigenvalue weighted by molar-refractivity contribution is 0.492. The van der Waals surface area contributed by atoms with Gasteiger partial charge in [0.1, 0.15) is 0 Å². The van der Waals surface area contributed by atoms with E-state index >= 15 is 0 Å². The van der Waals surface area contributed by atoms with Crippen molar-refractivity contribution in [3.63, 3.8) is 0 Å². The van der Waals surface area contributed by atoms with Gasteiger partial charge in [0.2, 0.25) is 0 Å². The van der Waals surface area contributed by atoms with Gasteiger partial charge in [-0.15, -0.1) is 11.6 Å². The van der Waals surface area contributed by atoms with Crippen LogP contribution in [0.4, 0.5) is 0 Å². The number of rotatable bonds is 5. The lowest BCUT2D eigenvalue weighted by Crippen LogP contribution is -2.18. The highest BCUT2D eigenvalue weighted by molar-refractivity contribution is 6.23. The SMILES string of the molecule is [CH2]CC(Cl)(CC)CCCC. The Hall–Kier alpha value is 0.290. The van der Waals surface area contributed by atoms with Gasteiger partial charge < -0.3 is 0 Å². The van der Waals surface area contributed by atoms with Gasteiger partial charge in [-0.25, -0.2) is 0 Å². The molecular weight excluding hydrogens is 144 g/mol. The van der Waals surface area contributed by atoms with Crippen molar-refractivity contribution in [3.05, 3.63) is 6.92 Å². The summed E-state index contributed by atoms with van der Waals surface area (Å²) in [4.78, 5) is -0.00396. The van der Waals surface area contributed by atoms with Gasteiger partial charge in [-0.3, -0.25) is 0 Å². The summed E-state index contributed by atoms with van der Waals surface area (Å²) in [6, 6.07) is 0. The topological polar surface area (TPSA) is 0 Å². The van der Waals surface area contributed by atoms with E-state index in [9.17, 15) is 0 Å². The zero-order valence-electron chi connectivity index (χ0n) is 7.12. The first-order valence-electron chi connectivity index (χ1n) is 4.16. The summed E-state index contributed by atoms with van der Waals surface area (Å²) < 4.78 is 0. The molecule has 1 unspecified atom stereocenters. The molecule has 0 heterocycles. The van der Waals surface area contributed by atoms with Crippen molar-refractivity contribution >= 4 is 11.6 Å². The van der Waals surface area contributed by atoms with Gasteiger partial charge >= 0.3 is 0 Å². The van der Waals surface area contributed by atoms with Crippen molar-refractivity contribution in [2.75, 3.05) is 0 Å². The van der Waals surface area contributed by atoms with Crippen LogP contribution in [0.1, 0.15) is 46.0 Å². The molecule has 0 amide bonds. The minimum absolute atomic E-state index is 0.00396. The van der Waals surface area contributed by atoms with Crippen LogP contribution in [0.5, 0.6) is 0 Å². The molecule has 0 aliphatic carbocycles. The molecule has 61 valence electrons. The Kier molecular flexibility index (Phi) is 5.15. The molecule has 1 heteroatoms. The molecule has 0 saturated carbocycles. The highest BCUT2D eigenvalue weighted by Gasteiger charge is 2.20. The van der Waals surface area contributed by atoms with E-state index < -0.39 is 0 Å². The monoisotopic (exact) mass is 161 g/mol. The van der Waals surface area contributed by atoms with Crippen molar-refractivity contribution in [2.45, 2.75) is 50.8 Å². The summed E-state index contributed by atoms with van der Waals surface area (Å²) in [6.45, 7) is 8.17. The first-order valence-corrected chi connectivity index (χ1v) is 4.54. The third-order valence-corrected chi connectivity index (χ3v) is 2.71. The maximum absolute atomic E-state index is 6.22. The summed E-state index contributed by atoms with van der Waals surface area (Å²) in [5, 5.41) is 0. The Balaban J connectivity index is 3.58. The predicted octanol–water partition coefficient (Wildman–Crippen LogP) is 3.79. The Labute approximate surface area is 70.0 Å². The number of unbranched alkanes of at least 4 members (excludes halogenated alkanes) is 1. The van der Waals surface area contributed by atoms with Gasteiger partial charge in [0.25, 0.3) is 0 Å². The minimum Gasteiger partial charge on any atom is -0.119 e. The van der Waals surface area contributed by atoms with E-state index in [0.29, 0.717) is 0 Å². The number of hydrogen-bond acceptors (Lipinski definition) is 0. The van der Waals surface area contributed by atoms with E-state index in [1.165, 1.54) is 12.8 Å². The summed E-state index contributed by atoms with van der Waals surface area (Å²) in [5.41, 5.74) is 0. The molecule has 0 spiro atoms. The van der Waals surface area contributed by atoms with Crippen molar-refractivity contribution < 1.29 is 0 Å². The van der Waals surface area contributed by atoms with Gasteiger partial charge in [0.15, 0.2) is 0 Å². The van der Waals surface area contributed by atoms with Crippen LogP contribution in [0.25, 0.3) is 0 Å². The molecule has 0 aromatic rings. The Morgan fingerprint density at radius 1 is 1.40 bits per heavy atom. The van der Waals surface area contributed by atoms with Gasteiger partial charge in [-0.05, 0) is 19.3 Å². The highest BCUT2D eigenvalue weighted by Crippen LogP contribution is 2.29. The van der Waals surface area contributed by atoms with Crippen LogP contribution in [0, 0.1) is 6.92 Å². The largest absolute Gasteiger partial charge is 0.119 e. The fourth-order valence-electron chi connectivity index (χ4n) is 0.972. The second kappa shape index (κ2) is 5.01. The molecule has 10 heavy (non-hydrogen) atoms. The van der Waals surface area contributed by atoms with Gasteiger partial charge in [-0.1, -0.05) is 33.6 Å². The second-order valence-corrected chi connectivity index (χ2v) is 3.66. The molecule has 0 rings (SSSR count). The average molecular weight is 162 g/mol. The van der Waals surface area contributed by atoms with Crippen LogP contribution in [0.2, 0.25) is 0 Å². The second-order valence-electron chi connectivity index (χ2n) is 2.86. The zero-order valence-corrected chi connectivity index (χ0v) is 7.88. The molecule has 0 bridgehead atoms. The zero-order chi connectivity index (χ0) is 8.04. The van der Waals surface area contributed by atoms with Gasteiger partial charge in [0, 0.05) is 4.87 Å². The molecular formula is C9H18Cl. The van der Waals surface area contributed by atoms with Crippen LogP contribution in [-0.4, -0.2) is 4.87 Å². The molecule has 0 nitrogen and oxygen atoms in total. The van der Waals surface area contributed by atoms with Crippen molar-refractivity contribution in [3.8, 4) is 0 Å². The lowest BCUT2D eigenvalue weighted by atomic mass is 9.96. The fraction of sp³-hybridized carbons (Fsp3) is 0.889. The third kappa shape index (κ3) is 3.46. The Morgan fingerprint density at radius 3 is 2.30 bits per heavy atom. The van der Waals surface area contributed by atoms with E-state index in [1.54, 1.807) is 0 Å². The van der Waals surface area contributed by atoms with Crippen molar-refractivity contribution in [1.29, 1.82) is 0 Å². The van der Waals surface area contributed by atoms with Gasteiger partial charge in [-0.2, -0.15) is 0 Å². The molecule has 0 aromatic carbocycles. The van der Waals surface area contributed by atoms with Crippen molar-refractivity contribution in [1.82, 2.24) is 0 Å². The molecule has 0 aliphatic rings. The smallest absolute Gasteiger partial charge is 0.0444 e. The van der Waals surface area contributed by atoms with Crippen LogP contribution < -0.4 is 0 Å². The summed E-state index contributed by atoms with van der Waals surface area (Å²) in [6.07, 6.45) is 5.47. The first kappa shape index (κ1) is 10.3. The molecule has 0 aliphatic heterocycles. The maximum Gasteiger partial charge on any atom is 0.0444 e. The summed E-state index contributed by atoms with van der Waals surface area (Å²) in [5.74, 6) is 0. The molecule has 0 fully saturated rings. The molecule has 0 N–H and O–H groups in total. The normalized spacial score (nSPS) is 12.0. The number of alkyl halides is 1. The van der Waals surface area contributed by atoms with E-state index in [-0.39, 0.29) is 4.87 Å². The molecule has 1 radical (unpaired) electrons. The average Bonchev–Trinajstić information content (AvgIpc) is 2.00. The number of hydrogen-bond donors (Lipinski definition) is 0. The van der Waals surface area contributed by atoms with Gasteiger partial charge in [0.05, 0.1) is 0 Å². The molecule has 0 aromatic heterocycles. The van der Waals surface area contributed by atoms with E-state index in [4.69, 9.17) is 11.6 Å². The predicted molar refractivity (Wildman–Crippen MR) is 48.4 cm³/mol. The highest BCUT2D eigenvalue weighted by atomic mass is 35.5. The van der Waals surface area contributed by atoms with Crippen LogP contribution in [-0.2, 0) is 0 Å². The summed E-state index contributed by atoms with van der Waals surface area (Å²) >= 11 is 6.22. The number of halogens is 1. The van der Waals surface area contributed by atoms with E-state index in [0.717, 1.165) is 19.3 Å². The van der Waals surface area contributed by atoms with Crippen LogP contribution in [0.15, 0.2) is 0 Å². The Morgan fingerprint density at radius 2 is 2.00 bits per heavy atom. The van der Waals surface area contributed by atoms with Crippen LogP contribution >= 0.6 is 11.6 Å². The lowest BCUT2D eigenvalue weighted by Gasteiger charge is -2.22. The summed E-state index contributed by atoms with van der Waals surface area (Å²) in [7, 11) is 0. The minimum atomic E-state index is -0.00396. The van der Waals surface area contributed by atoms with Crippen molar-refractivity contribution in [2.24, 2.45) is 0 Å². The van der Waals surface area contributed by atoms with E-state index in [1.807, 2.05) is 0 Å². The molecule has 1 atom stereocenters. The Bertz CT molecular complexity index is 74.8. The third-order valence-electron chi connectivity index (χ3n) is 2.06. The van der Waals surface area contributed by atoms with E-state index in [2.05, 4.69) is 20.8 Å². The quantitative estimate of drug-likeness (QED) is 0.539. The standard InChI is InChI=1S/C9H18Cl/c1-4-7-8-9(10,5-2)6-3/h2,4-8H2,1,3H3. The van der Waals surface area contributed by atoms with Crippen LogP contribution in [0.3, 0.4) is 0 Å². The molecule has 0 saturated heterocycles. The first-order chi connectivity index (χ1) is 4.68. The maximum atomic E-state index is 6.22. The fourth-order valence-corrected chi connectivity index (χ4v) is 1.11.